The maximum absolute atomic E-state index is 13.8. The number of piperazine rings is 1. The molecule has 0 spiro atoms. The van der Waals surface area contributed by atoms with Crippen LogP contribution in [0.15, 0.2) is 78.9 Å². The predicted octanol–water partition coefficient (Wildman–Crippen LogP) is 5.59. The number of primary amides is 1. The lowest BCUT2D eigenvalue weighted by Crippen LogP contribution is -2.49. The van der Waals surface area contributed by atoms with Crippen molar-refractivity contribution in [3.05, 3.63) is 95.6 Å². The maximum atomic E-state index is 13.8. The Morgan fingerprint density at radius 3 is 2.00 bits per heavy atom. The molecule has 0 radical (unpaired) electrons. The fourth-order valence-electron chi connectivity index (χ4n) is 7.49. The summed E-state index contributed by atoms with van der Waals surface area (Å²) in [7, 11) is 2.11. The van der Waals surface area contributed by atoms with Gasteiger partial charge in [0.15, 0.2) is 0 Å². The molecular weight excluding hydrogens is 560 g/mol. The third-order valence-electron chi connectivity index (χ3n) is 9.92. The monoisotopic (exact) mass is 608 g/mol. The number of hydrogen-bond acceptors (Lipinski definition) is 5. The van der Waals surface area contributed by atoms with E-state index >= 15 is 0 Å². The Labute approximate surface area is 268 Å². The number of amides is 3. The second kappa shape index (κ2) is 14.5. The molecule has 3 fully saturated rings. The molecule has 45 heavy (non-hydrogen) atoms. The normalized spacial score (nSPS) is 19.0. The quantitative estimate of drug-likeness (QED) is 0.378. The van der Waals surface area contributed by atoms with Crippen LogP contribution in [0.25, 0.3) is 0 Å². The molecule has 8 nitrogen and oxygen atoms in total. The van der Waals surface area contributed by atoms with E-state index < -0.39 is 6.03 Å². The van der Waals surface area contributed by atoms with Crippen LogP contribution in [0.4, 0.5) is 16.2 Å². The minimum absolute atomic E-state index is 0.0320. The van der Waals surface area contributed by atoms with Crippen molar-refractivity contribution < 1.29 is 9.59 Å². The zero-order chi connectivity index (χ0) is 31.2. The van der Waals surface area contributed by atoms with E-state index in [1.165, 1.54) is 17.5 Å². The summed E-state index contributed by atoms with van der Waals surface area (Å²) < 4.78 is 0. The molecule has 6 rings (SSSR count). The minimum Gasteiger partial charge on any atom is -0.367 e. The van der Waals surface area contributed by atoms with E-state index in [9.17, 15) is 9.59 Å². The molecule has 3 amide bonds. The van der Waals surface area contributed by atoms with Gasteiger partial charge in [-0.2, -0.15) is 0 Å². The van der Waals surface area contributed by atoms with E-state index in [-0.39, 0.29) is 18.0 Å². The van der Waals surface area contributed by atoms with E-state index in [4.69, 9.17) is 5.73 Å². The number of urea groups is 1. The van der Waals surface area contributed by atoms with E-state index in [0.29, 0.717) is 12.1 Å². The molecule has 3 aromatic rings. The number of hydrogen-bond donors (Lipinski definition) is 1. The highest BCUT2D eigenvalue weighted by Crippen LogP contribution is 2.37. The van der Waals surface area contributed by atoms with Gasteiger partial charge in [-0.1, -0.05) is 79.9 Å². The number of rotatable bonds is 7. The van der Waals surface area contributed by atoms with Crippen molar-refractivity contribution in [2.24, 2.45) is 5.73 Å². The van der Waals surface area contributed by atoms with Gasteiger partial charge < -0.3 is 20.4 Å². The van der Waals surface area contributed by atoms with Gasteiger partial charge >= 0.3 is 6.03 Å². The third kappa shape index (κ3) is 7.18. The molecule has 0 bridgehead atoms. The average molecular weight is 609 g/mol. The summed E-state index contributed by atoms with van der Waals surface area (Å²) in [6, 6.07) is 27.2. The first-order chi connectivity index (χ1) is 22.0. The summed E-state index contributed by atoms with van der Waals surface area (Å²) in [4.78, 5) is 38.0. The van der Waals surface area contributed by atoms with Crippen LogP contribution in [-0.4, -0.2) is 92.1 Å². The van der Waals surface area contributed by atoms with Crippen LogP contribution in [0.1, 0.15) is 66.1 Å². The van der Waals surface area contributed by atoms with Gasteiger partial charge in [-0.3, -0.25) is 14.6 Å². The second-order valence-corrected chi connectivity index (χ2v) is 12.9. The van der Waals surface area contributed by atoms with Crippen LogP contribution in [0.2, 0.25) is 0 Å². The van der Waals surface area contributed by atoms with E-state index in [2.05, 4.69) is 88.5 Å². The third-order valence-corrected chi connectivity index (χ3v) is 9.92. The lowest BCUT2D eigenvalue weighted by Gasteiger charge is -2.42. The van der Waals surface area contributed by atoms with Gasteiger partial charge in [-0.05, 0) is 62.2 Å². The highest BCUT2D eigenvalue weighted by atomic mass is 16.2. The van der Waals surface area contributed by atoms with Gasteiger partial charge in [-0.15, -0.1) is 0 Å². The van der Waals surface area contributed by atoms with E-state index in [1.54, 1.807) is 0 Å². The first-order valence-corrected chi connectivity index (χ1v) is 16.8. The molecule has 1 aliphatic carbocycles. The first-order valence-electron chi connectivity index (χ1n) is 16.8. The Morgan fingerprint density at radius 1 is 0.733 bits per heavy atom. The van der Waals surface area contributed by atoms with Crippen molar-refractivity contribution in [2.75, 3.05) is 69.2 Å². The highest BCUT2D eigenvalue weighted by Gasteiger charge is 2.32. The maximum Gasteiger partial charge on any atom is 0.319 e. The van der Waals surface area contributed by atoms with Crippen LogP contribution in [0.3, 0.4) is 0 Å². The Hall–Kier alpha value is -3.88. The molecule has 3 aromatic carbocycles. The number of nitrogens with zero attached hydrogens (tertiary/aromatic N) is 5. The van der Waals surface area contributed by atoms with Crippen molar-refractivity contribution in [3.8, 4) is 0 Å². The largest absolute Gasteiger partial charge is 0.367 e. The minimum atomic E-state index is -0.434. The lowest BCUT2D eigenvalue weighted by atomic mass is 9.93. The van der Waals surface area contributed by atoms with Gasteiger partial charge in [0.25, 0.3) is 5.91 Å². The summed E-state index contributed by atoms with van der Waals surface area (Å²) in [5.41, 5.74) is 11.1. The SMILES string of the molecule is CN1CCCN(C(=O)c2ccc(N3CCN(C(c4ccccc4)c4ccccc4)CC3)c(N(C(N)=O)C3CCCCC3)c2)CC1. The molecule has 0 aromatic heterocycles. The summed E-state index contributed by atoms with van der Waals surface area (Å²) in [5, 5.41) is 0. The van der Waals surface area contributed by atoms with Gasteiger partial charge in [-0.25, -0.2) is 4.79 Å². The molecule has 2 saturated heterocycles. The van der Waals surface area contributed by atoms with Crippen molar-refractivity contribution in [2.45, 2.75) is 50.6 Å². The van der Waals surface area contributed by atoms with Gasteiger partial charge in [0.05, 0.1) is 17.4 Å². The Balaban J connectivity index is 1.29. The molecule has 238 valence electrons. The van der Waals surface area contributed by atoms with Crippen molar-refractivity contribution >= 4 is 23.3 Å². The molecule has 1 saturated carbocycles. The molecule has 3 aliphatic rings. The topological polar surface area (TPSA) is 76.4 Å². The van der Waals surface area contributed by atoms with Crippen LogP contribution in [-0.2, 0) is 0 Å². The Kier molecular flexibility index (Phi) is 10.0. The van der Waals surface area contributed by atoms with Crippen molar-refractivity contribution in [1.82, 2.24) is 14.7 Å². The summed E-state index contributed by atoms with van der Waals surface area (Å²) in [6.07, 6.45) is 6.18. The molecule has 2 aliphatic heterocycles. The van der Waals surface area contributed by atoms with E-state index in [0.717, 1.165) is 89.3 Å². The molecule has 0 atom stereocenters. The highest BCUT2D eigenvalue weighted by molar-refractivity contribution is 6.00. The molecule has 2 heterocycles. The fourth-order valence-corrected chi connectivity index (χ4v) is 7.49. The Bertz CT molecular complexity index is 1380. The average Bonchev–Trinajstić information content (AvgIpc) is 3.30. The molecular formula is C37H48N6O2. The van der Waals surface area contributed by atoms with Gasteiger partial charge in [0.1, 0.15) is 0 Å². The summed E-state index contributed by atoms with van der Waals surface area (Å²) in [5.74, 6) is 0.0320. The van der Waals surface area contributed by atoms with Crippen molar-refractivity contribution in [1.29, 1.82) is 0 Å². The van der Waals surface area contributed by atoms with Crippen molar-refractivity contribution in [3.63, 3.8) is 0 Å². The van der Waals surface area contributed by atoms with Crippen LogP contribution in [0, 0.1) is 0 Å². The number of nitrogens with two attached hydrogens (primary N) is 1. The number of benzene rings is 3. The number of anilines is 2. The molecule has 2 N–H and O–H groups in total. The number of likely N-dealkylation sites (N-methyl/N-ethyl adjacent to an activating group) is 1. The lowest BCUT2D eigenvalue weighted by molar-refractivity contribution is 0.0762. The Morgan fingerprint density at radius 2 is 1.38 bits per heavy atom. The zero-order valence-corrected chi connectivity index (χ0v) is 26.7. The van der Waals surface area contributed by atoms with Gasteiger partial charge in [0, 0.05) is 57.4 Å². The molecule has 8 heteroatoms. The van der Waals surface area contributed by atoms with Gasteiger partial charge in [0.2, 0.25) is 0 Å². The predicted molar refractivity (Wildman–Crippen MR) is 182 cm³/mol. The molecule has 0 unspecified atom stereocenters. The van der Waals surface area contributed by atoms with Crippen LogP contribution >= 0.6 is 0 Å². The first kappa shape index (κ1) is 31.1. The number of carbonyl (C=O) groups is 2. The number of carbonyl (C=O) groups excluding carboxylic acids is 2. The summed E-state index contributed by atoms with van der Waals surface area (Å²) >= 11 is 0. The fraction of sp³-hybridized carbons (Fsp3) is 0.459. The van der Waals surface area contributed by atoms with Crippen LogP contribution in [0.5, 0.6) is 0 Å². The second-order valence-electron chi connectivity index (χ2n) is 12.9. The smallest absolute Gasteiger partial charge is 0.319 e. The zero-order valence-electron chi connectivity index (χ0n) is 26.7. The van der Waals surface area contributed by atoms with Crippen LogP contribution < -0.4 is 15.5 Å². The summed E-state index contributed by atoms with van der Waals surface area (Å²) in [6.45, 7) is 6.68. The van der Waals surface area contributed by atoms with E-state index in [1.807, 2.05) is 21.9 Å². The standard InChI is InChI=1S/C37H48N6O2/c1-39-20-11-21-42(23-22-39)36(44)31-18-19-33(34(28-31)43(37(38)45)32-16-9-4-10-17-32)40-24-26-41(27-25-40)35(29-12-5-2-6-13-29)30-14-7-3-8-15-30/h2-3,5-8,12-15,18-19,28,32,35H,4,9-11,16-17,20-27H2,1H3,(H2,38,45).